The third kappa shape index (κ3) is 4.57. The van der Waals surface area contributed by atoms with Crippen molar-refractivity contribution < 1.29 is 22.0 Å². The first-order valence-electron chi connectivity index (χ1n) is 13.4. The molecular formula is C36H12F5N7. The first-order valence-corrected chi connectivity index (χ1v) is 13.4. The van der Waals surface area contributed by atoms with Gasteiger partial charge >= 0.3 is 6.18 Å². The molecule has 0 aliphatic heterocycles. The summed E-state index contributed by atoms with van der Waals surface area (Å²) >= 11 is 0. The van der Waals surface area contributed by atoms with Gasteiger partial charge in [0.1, 0.15) is 17.7 Å². The summed E-state index contributed by atoms with van der Waals surface area (Å²) in [4.78, 5) is 9.79. The molecule has 3 aromatic rings. The van der Waals surface area contributed by atoms with Crippen molar-refractivity contribution in [2.75, 3.05) is 0 Å². The van der Waals surface area contributed by atoms with Crippen molar-refractivity contribution >= 4 is 33.6 Å². The molecule has 0 heterocycles. The maximum absolute atomic E-state index is 17.1. The van der Waals surface area contributed by atoms with Crippen LogP contribution in [0.2, 0.25) is 0 Å². The number of benzene rings is 3. The van der Waals surface area contributed by atoms with E-state index in [2.05, 4.69) is 14.5 Å². The van der Waals surface area contributed by atoms with E-state index in [1.807, 2.05) is 0 Å². The number of allylic oxidation sites excluding steroid dienone is 7. The zero-order chi connectivity index (χ0) is 35.2. The van der Waals surface area contributed by atoms with Crippen LogP contribution in [0.4, 0.5) is 22.0 Å². The maximum Gasteiger partial charge on any atom is 0.417 e. The Morgan fingerprint density at radius 1 is 0.688 bits per heavy atom. The van der Waals surface area contributed by atoms with Crippen molar-refractivity contribution in [1.29, 1.82) is 21.0 Å². The minimum Gasteiger partial charge on any atom is -0.237 e. The summed E-state index contributed by atoms with van der Waals surface area (Å²) < 4.78 is 75.0. The highest BCUT2D eigenvalue weighted by molar-refractivity contribution is 6.29. The van der Waals surface area contributed by atoms with Gasteiger partial charge in [-0.05, 0) is 53.8 Å². The lowest BCUT2D eigenvalue weighted by Crippen LogP contribution is -2.08. The fourth-order valence-corrected chi connectivity index (χ4v) is 6.06. The van der Waals surface area contributed by atoms with Crippen LogP contribution in [0.3, 0.4) is 0 Å². The van der Waals surface area contributed by atoms with E-state index in [0.717, 1.165) is 12.1 Å². The molecule has 0 bridgehead atoms. The second-order valence-electron chi connectivity index (χ2n) is 10.5. The van der Waals surface area contributed by atoms with Crippen molar-refractivity contribution in [2.45, 2.75) is 20.0 Å². The van der Waals surface area contributed by atoms with E-state index < -0.39 is 90.6 Å². The van der Waals surface area contributed by atoms with Crippen LogP contribution >= 0.6 is 0 Å². The molecule has 0 amide bonds. The number of nitriles is 4. The lowest BCUT2D eigenvalue weighted by molar-refractivity contribution is -0.137. The fraction of sp³-hybridized carbons (Fsp3) is 0.0833. The number of hydrogen-bond acceptors (Lipinski definition) is 4. The molecule has 0 atom stereocenters. The molecule has 0 spiro atoms. The number of halogens is 5. The monoisotopic (exact) mass is 637 g/mol. The Kier molecular flexibility index (Phi) is 7.74. The van der Waals surface area contributed by atoms with Gasteiger partial charge in [0.2, 0.25) is 5.70 Å². The highest BCUT2D eigenvalue weighted by atomic mass is 19.4. The largest absolute Gasteiger partial charge is 0.417 e. The van der Waals surface area contributed by atoms with Crippen LogP contribution in [0.5, 0.6) is 0 Å². The second-order valence-corrected chi connectivity index (χ2v) is 10.5. The lowest BCUT2D eigenvalue weighted by Gasteiger charge is -2.15. The van der Waals surface area contributed by atoms with Crippen LogP contribution in [0, 0.1) is 90.5 Å². The Hall–Kier alpha value is -7.30. The van der Waals surface area contributed by atoms with Gasteiger partial charge in [-0.2, -0.15) is 23.7 Å². The third-order valence-corrected chi connectivity index (χ3v) is 7.73. The summed E-state index contributed by atoms with van der Waals surface area (Å²) in [6, 6.07) is 13.4. The Bertz CT molecular complexity index is 2440. The molecule has 0 N–H and O–H groups in total. The Morgan fingerprint density at radius 2 is 1.23 bits per heavy atom. The minimum absolute atomic E-state index is 0.124. The highest BCUT2D eigenvalue weighted by Crippen LogP contribution is 2.58. The summed E-state index contributed by atoms with van der Waals surface area (Å²) in [6.07, 6.45) is -4.96. The van der Waals surface area contributed by atoms with Crippen molar-refractivity contribution in [3.8, 4) is 24.3 Å². The molecule has 0 saturated carbocycles. The van der Waals surface area contributed by atoms with Gasteiger partial charge in [-0.15, -0.1) is 0 Å². The number of alkyl halides is 3. The van der Waals surface area contributed by atoms with Gasteiger partial charge in [0.15, 0.2) is 0 Å². The summed E-state index contributed by atoms with van der Waals surface area (Å²) in [5.41, 5.74) is -8.27. The molecule has 48 heavy (non-hydrogen) atoms. The van der Waals surface area contributed by atoms with Crippen LogP contribution in [0.25, 0.3) is 48.1 Å². The molecule has 226 valence electrons. The average Bonchev–Trinajstić information content (AvgIpc) is 3.58. The van der Waals surface area contributed by atoms with Gasteiger partial charge in [0.05, 0.1) is 54.6 Å². The van der Waals surface area contributed by atoms with Crippen LogP contribution < -0.4 is 0 Å². The first kappa shape index (κ1) is 32.1. The third-order valence-electron chi connectivity index (χ3n) is 7.73. The van der Waals surface area contributed by atoms with Crippen molar-refractivity contribution in [3.63, 3.8) is 0 Å². The zero-order valence-electron chi connectivity index (χ0n) is 24.5. The summed E-state index contributed by atoms with van der Waals surface area (Å²) in [7, 11) is 0. The molecule has 2 aliphatic rings. The van der Waals surface area contributed by atoms with Crippen LogP contribution in [-0.2, 0) is 6.18 Å². The lowest BCUT2D eigenvalue weighted by atomic mass is 9.90. The number of fused-ring (bicyclic) bond motifs is 2. The SMILES string of the molecule is [C-]#[N+]C1=C(c2cc(C)cc(C)c2)/C(=C(/C#N)[N+]#[C-])c2c(F)c3c(c(F)c21)/C(=C(/C#N)[N+]#[C-])C(c1ccc(C(F)(F)F)c(C#N)c1)=C3C#N. The van der Waals surface area contributed by atoms with E-state index in [4.69, 9.17) is 19.7 Å². The molecule has 7 nitrogen and oxygen atoms in total. The minimum atomic E-state index is -4.96. The standard InChI is InChI=1S/C36H12F5N7/c1-16-8-17(2)10-19(9-16)26-29(24(15-45)47-4)31-32(35(26)48-5)34(38)30-27(33(31)37)21(13-43)25(28(30)23(14-44)46-3)18-6-7-22(36(39,40)41)20(11-18)12-42/h6-11H,1-2H3/b28-23-,29-24+. The molecule has 12 heteroatoms. The van der Waals surface area contributed by atoms with Crippen molar-refractivity contribution in [3.05, 3.63) is 149 Å². The normalized spacial score (nSPS) is 15.2. The summed E-state index contributed by atoms with van der Waals surface area (Å²) in [6.45, 7) is 26.7. The summed E-state index contributed by atoms with van der Waals surface area (Å²) in [5, 5.41) is 39.6. The van der Waals surface area contributed by atoms with Gasteiger partial charge in [-0.1, -0.05) is 35.4 Å². The van der Waals surface area contributed by atoms with Gasteiger partial charge in [-0.25, -0.2) is 33.8 Å². The Morgan fingerprint density at radius 3 is 1.71 bits per heavy atom. The van der Waals surface area contributed by atoms with Crippen molar-refractivity contribution in [1.82, 2.24) is 0 Å². The van der Waals surface area contributed by atoms with Crippen LogP contribution in [0.15, 0.2) is 47.8 Å². The maximum atomic E-state index is 17.1. The number of nitrogens with zero attached hydrogens (tertiary/aromatic N) is 7. The molecule has 5 rings (SSSR count). The Labute approximate surface area is 270 Å². The number of rotatable bonds is 2. The second kappa shape index (κ2) is 11.6. The topological polar surface area (TPSA) is 108 Å². The molecule has 0 unspecified atom stereocenters. The number of hydrogen-bond donors (Lipinski definition) is 0. The first-order chi connectivity index (χ1) is 22.8. The average molecular weight is 638 g/mol. The van der Waals surface area contributed by atoms with Crippen LogP contribution in [0.1, 0.15) is 55.6 Å². The van der Waals surface area contributed by atoms with E-state index in [0.29, 0.717) is 17.2 Å². The van der Waals surface area contributed by atoms with Gasteiger partial charge in [0, 0.05) is 27.8 Å². The molecule has 3 aromatic carbocycles. The molecule has 0 fully saturated rings. The number of aryl methyl sites for hydroxylation is 2. The summed E-state index contributed by atoms with van der Waals surface area (Å²) in [5.74, 6) is -2.74. The highest BCUT2D eigenvalue weighted by Gasteiger charge is 2.44. The fourth-order valence-electron chi connectivity index (χ4n) is 6.06. The van der Waals surface area contributed by atoms with Gasteiger partial charge in [0.25, 0.3) is 11.4 Å². The Balaban J connectivity index is 2.01. The molecule has 2 aliphatic carbocycles. The van der Waals surface area contributed by atoms with E-state index in [1.54, 1.807) is 50.3 Å². The van der Waals surface area contributed by atoms with E-state index in [9.17, 15) is 34.2 Å². The van der Waals surface area contributed by atoms with Gasteiger partial charge in [-0.3, -0.25) is 0 Å². The smallest absolute Gasteiger partial charge is 0.237 e. The molecule has 0 radical (unpaired) electrons. The zero-order valence-corrected chi connectivity index (χ0v) is 24.5. The van der Waals surface area contributed by atoms with E-state index in [1.165, 1.54) is 6.07 Å². The van der Waals surface area contributed by atoms with Crippen molar-refractivity contribution in [2.24, 2.45) is 0 Å². The van der Waals surface area contributed by atoms with Gasteiger partial charge < -0.3 is 0 Å². The van der Waals surface area contributed by atoms with Crippen LogP contribution in [-0.4, -0.2) is 0 Å². The predicted molar refractivity (Wildman–Crippen MR) is 163 cm³/mol. The molecule has 0 saturated heterocycles. The molecular weight excluding hydrogens is 625 g/mol. The predicted octanol–water partition coefficient (Wildman–Crippen LogP) is 9.03. The van der Waals surface area contributed by atoms with E-state index >= 15 is 8.78 Å². The quantitative estimate of drug-likeness (QED) is 0.159. The van der Waals surface area contributed by atoms with E-state index in [-0.39, 0.29) is 16.7 Å². The molecule has 0 aromatic heterocycles.